The van der Waals surface area contributed by atoms with Crippen LogP contribution in [-0.2, 0) is 0 Å². The van der Waals surface area contributed by atoms with Gasteiger partial charge in [0.2, 0.25) is 5.88 Å². The molecule has 1 aromatic rings. The largest absolute Gasteiger partial charge is 0.473 e. The van der Waals surface area contributed by atoms with Gasteiger partial charge in [0.25, 0.3) is 0 Å². The van der Waals surface area contributed by atoms with Crippen LogP contribution in [0.25, 0.3) is 0 Å². The zero-order valence-corrected chi connectivity index (χ0v) is 13.6. The maximum atomic E-state index is 6.03. The molecule has 2 unspecified atom stereocenters. The molecule has 1 aromatic heterocycles. The summed E-state index contributed by atoms with van der Waals surface area (Å²) in [6, 6.07) is 2.35. The fourth-order valence-corrected chi connectivity index (χ4v) is 2.96. The maximum absolute atomic E-state index is 6.03. The molecule has 20 heavy (non-hydrogen) atoms. The van der Waals surface area contributed by atoms with Crippen molar-refractivity contribution in [1.82, 2.24) is 14.9 Å². The Hall–Kier alpha value is -1.16. The van der Waals surface area contributed by atoms with E-state index in [0.717, 1.165) is 13.0 Å². The number of aromatic nitrogens is 2. The Morgan fingerprint density at radius 3 is 2.35 bits per heavy atom. The van der Waals surface area contributed by atoms with Crippen molar-refractivity contribution >= 4 is 0 Å². The highest BCUT2D eigenvalue weighted by atomic mass is 16.5. The smallest absolute Gasteiger partial charge is 0.216 e. The SMILES string of the molecule is CC(C)(C)C1CC(Oc2ccncn2)CN1C(C)(C)C. The normalized spacial score (nSPS) is 24.9. The highest BCUT2D eigenvalue weighted by Gasteiger charge is 2.44. The molecule has 112 valence electrons. The quantitative estimate of drug-likeness (QED) is 0.832. The minimum Gasteiger partial charge on any atom is -0.473 e. The van der Waals surface area contributed by atoms with Gasteiger partial charge in [0.15, 0.2) is 0 Å². The summed E-state index contributed by atoms with van der Waals surface area (Å²) < 4.78 is 6.03. The Bertz CT molecular complexity index is 411. The first-order valence-corrected chi connectivity index (χ1v) is 7.37. The highest BCUT2D eigenvalue weighted by Crippen LogP contribution is 2.38. The first-order chi connectivity index (χ1) is 9.18. The third kappa shape index (κ3) is 3.48. The van der Waals surface area contributed by atoms with E-state index in [1.807, 2.05) is 6.07 Å². The summed E-state index contributed by atoms with van der Waals surface area (Å²) >= 11 is 0. The maximum Gasteiger partial charge on any atom is 0.216 e. The van der Waals surface area contributed by atoms with Crippen molar-refractivity contribution < 1.29 is 4.74 Å². The van der Waals surface area contributed by atoms with E-state index in [0.29, 0.717) is 11.9 Å². The number of ether oxygens (including phenoxy) is 1. The minimum atomic E-state index is 0.154. The van der Waals surface area contributed by atoms with Gasteiger partial charge < -0.3 is 4.74 Å². The molecule has 1 fully saturated rings. The monoisotopic (exact) mass is 277 g/mol. The molecule has 0 bridgehead atoms. The highest BCUT2D eigenvalue weighted by molar-refractivity contribution is 5.07. The fraction of sp³-hybridized carbons (Fsp3) is 0.750. The molecule has 1 aliphatic rings. The number of likely N-dealkylation sites (tertiary alicyclic amines) is 1. The number of hydrogen-bond acceptors (Lipinski definition) is 4. The van der Waals surface area contributed by atoms with Crippen molar-refractivity contribution in [3.63, 3.8) is 0 Å². The number of nitrogens with zero attached hydrogens (tertiary/aromatic N) is 3. The van der Waals surface area contributed by atoms with Crippen LogP contribution < -0.4 is 4.74 Å². The summed E-state index contributed by atoms with van der Waals surface area (Å²) in [5.41, 5.74) is 0.402. The summed E-state index contributed by atoms with van der Waals surface area (Å²) in [6.45, 7) is 14.7. The Labute approximate surface area is 122 Å². The second-order valence-corrected chi connectivity index (χ2v) is 7.73. The van der Waals surface area contributed by atoms with Crippen LogP contribution in [0.2, 0.25) is 0 Å². The Balaban J connectivity index is 2.12. The average Bonchev–Trinajstić information content (AvgIpc) is 2.74. The van der Waals surface area contributed by atoms with Crippen LogP contribution in [-0.4, -0.2) is 39.1 Å². The second kappa shape index (κ2) is 5.32. The first-order valence-electron chi connectivity index (χ1n) is 7.37. The number of hydrogen-bond donors (Lipinski definition) is 0. The van der Waals surface area contributed by atoms with Crippen molar-refractivity contribution in [2.75, 3.05) is 6.54 Å². The van der Waals surface area contributed by atoms with Crippen LogP contribution in [0.3, 0.4) is 0 Å². The standard InChI is InChI=1S/C16H27N3O/c1-15(2,3)13-9-12(10-19(13)16(4,5)6)20-14-7-8-17-11-18-14/h7-8,11-13H,9-10H2,1-6H3. The summed E-state index contributed by atoms with van der Waals surface area (Å²) in [7, 11) is 0. The Morgan fingerprint density at radius 1 is 1.20 bits per heavy atom. The molecular formula is C16H27N3O. The van der Waals surface area contributed by atoms with Crippen molar-refractivity contribution in [2.24, 2.45) is 5.41 Å². The van der Waals surface area contributed by atoms with E-state index in [2.05, 4.69) is 56.4 Å². The third-order valence-electron chi connectivity index (χ3n) is 3.97. The van der Waals surface area contributed by atoms with Gasteiger partial charge in [0.05, 0.1) is 0 Å². The van der Waals surface area contributed by atoms with Crippen LogP contribution in [0.5, 0.6) is 5.88 Å². The van der Waals surface area contributed by atoms with Gasteiger partial charge in [-0.3, -0.25) is 4.90 Å². The molecule has 4 heteroatoms. The Morgan fingerprint density at radius 2 is 1.90 bits per heavy atom. The summed E-state index contributed by atoms with van der Waals surface area (Å²) in [5.74, 6) is 0.674. The van der Waals surface area contributed by atoms with E-state index in [1.54, 1.807) is 6.20 Å². The lowest BCUT2D eigenvalue weighted by atomic mass is 9.83. The average molecular weight is 277 g/mol. The minimum absolute atomic E-state index is 0.154. The topological polar surface area (TPSA) is 38.3 Å². The molecule has 2 rings (SSSR count). The van der Waals surface area contributed by atoms with E-state index < -0.39 is 0 Å². The van der Waals surface area contributed by atoms with Crippen LogP contribution in [0.15, 0.2) is 18.6 Å². The van der Waals surface area contributed by atoms with Crippen LogP contribution in [0, 0.1) is 5.41 Å². The molecule has 1 aliphatic heterocycles. The predicted octanol–water partition coefficient (Wildman–Crippen LogP) is 3.14. The van der Waals surface area contributed by atoms with Crippen molar-refractivity contribution in [3.05, 3.63) is 18.6 Å². The molecule has 2 heterocycles. The van der Waals surface area contributed by atoms with Crippen molar-refractivity contribution in [3.8, 4) is 5.88 Å². The van der Waals surface area contributed by atoms with Gasteiger partial charge in [-0.25, -0.2) is 9.97 Å². The predicted molar refractivity (Wildman–Crippen MR) is 80.8 cm³/mol. The third-order valence-corrected chi connectivity index (χ3v) is 3.97. The van der Waals surface area contributed by atoms with Gasteiger partial charge in [-0.15, -0.1) is 0 Å². The van der Waals surface area contributed by atoms with Crippen molar-refractivity contribution in [2.45, 2.75) is 65.6 Å². The molecule has 0 spiro atoms. The zero-order valence-electron chi connectivity index (χ0n) is 13.6. The van der Waals surface area contributed by atoms with Gasteiger partial charge in [-0.2, -0.15) is 0 Å². The van der Waals surface area contributed by atoms with Crippen LogP contribution >= 0.6 is 0 Å². The fourth-order valence-electron chi connectivity index (χ4n) is 2.96. The molecule has 1 saturated heterocycles. The molecule has 0 radical (unpaired) electrons. The summed E-state index contributed by atoms with van der Waals surface area (Å²) in [5, 5.41) is 0. The van der Waals surface area contributed by atoms with E-state index >= 15 is 0 Å². The van der Waals surface area contributed by atoms with Gasteiger partial charge in [-0.05, 0) is 26.2 Å². The van der Waals surface area contributed by atoms with Crippen LogP contribution in [0.4, 0.5) is 0 Å². The lowest BCUT2D eigenvalue weighted by Crippen LogP contribution is -2.49. The lowest BCUT2D eigenvalue weighted by Gasteiger charge is -2.42. The zero-order chi connectivity index (χ0) is 15.0. The van der Waals surface area contributed by atoms with Gasteiger partial charge in [0.1, 0.15) is 12.4 Å². The number of rotatable bonds is 2. The molecule has 0 aromatic carbocycles. The van der Waals surface area contributed by atoms with E-state index in [-0.39, 0.29) is 17.1 Å². The molecule has 0 aliphatic carbocycles. The lowest BCUT2D eigenvalue weighted by molar-refractivity contribution is 0.0557. The van der Waals surface area contributed by atoms with Gasteiger partial charge in [0, 0.05) is 36.8 Å². The Kier molecular flexibility index (Phi) is 4.05. The van der Waals surface area contributed by atoms with Crippen molar-refractivity contribution in [1.29, 1.82) is 0 Å². The molecule has 0 amide bonds. The molecule has 2 atom stereocenters. The summed E-state index contributed by atoms with van der Waals surface area (Å²) in [6.07, 6.45) is 4.51. The van der Waals surface area contributed by atoms with Crippen LogP contribution in [0.1, 0.15) is 48.0 Å². The van der Waals surface area contributed by atoms with E-state index in [4.69, 9.17) is 4.74 Å². The van der Waals surface area contributed by atoms with E-state index in [1.165, 1.54) is 6.33 Å². The van der Waals surface area contributed by atoms with E-state index in [9.17, 15) is 0 Å². The molecule has 0 N–H and O–H groups in total. The molecular weight excluding hydrogens is 250 g/mol. The molecule has 0 saturated carbocycles. The van der Waals surface area contributed by atoms with Gasteiger partial charge >= 0.3 is 0 Å². The summed E-state index contributed by atoms with van der Waals surface area (Å²) in [4.78, 5) is 10.7. The second-order valence-electron chi connectivity index (χ2n) is 7.73. The molecule has 4 nitrogen and oxygen atoms in total. The van der Waals surface area contributed by atoms with Gasteiger partial charge in [-0.1, -0.05) is 20.8 Å². The first kappa shape index (κ1) is 15.2.